The van der Waals surface area contributed by atoms with Crippen LogP contribution in [0.4, 0.5) is 0 Å². The second-order valence-electron chi connectivity index (χ2n) is 6.25. The zero-order chi connectivity index (χ0) is 18.5. The SMILES string of the molecule is CCCOc1c(OC)ccc(-c2cncc([C@@H]3COB(O)C3)c2)c1OC. The number of hydrogen-bond acceptors (Lipinski definition) is 6. The molecule has 1 aliphatic heterocycles. The Morgan fingerprint density at radius 3 is 2.73 bits per heavy atom. The number of hydrogen-bond donors (Lipinski definition) is 1. The molecule has 1 N–H and O–H groups in total. The van der Waals surface area contributed by atoms with Crippen molar-refractivity contribution in [3.05, 3.63) is 36.2 Å². The van der Waals surface area contributed by atoms with E-state index in [1.165, 1.54) is 0 Å². The topological polar surface area (TPSA) is 70.0 Å². The first-order valence-corrected chi connectivity index (χ1v) is 8.80. The molecule has 7 heteroatoms. The Morgan fingerprint density at radius 1 is 1.23 bits per heavy atom. The van der Waals surface area contributed by atoms with Gasteiger partial charge >= 0.3 is 7.12 Å². The van der Waals surface area contributed by atoms with Gasteiger partial charge in [-0.2, -0.15) is 0 Å². The van der Waals surface area contributed by atoms with Gasteiger partial charge in [-0.25, -0.2) is 0 Å². The average Bonchev–Trinajstić information content (AvgIpc) is 3.12. The Labute approximate surface area is 154 Å². The summed E-state index contributed by atoms with van der Waals surface area (Å²) < 4.78 is 22.2. The Bertz CT molecular complexity index is 755. The predicted molar refractivity (Wildman–Crippen MR) is 100 cm³/mol. The fourth-order valence-electron chi connectivity index (χ4n) is 3.14. The number of nitrogens with zero attached hydrogens (tertiary/aromatic N) is 1. The van der Waals surface area contributed by atoms with Gasteiger partial charge in [-0.1, -0.05) is 6.92 Å². The fourth-order valence-corrected chi connectivity index (χ4v) is 3.14. The van der Waals surface area contributed by atoms with Gasteiger partial charge in [0.2, 0.25) is 5.75 Å². The molecule has 138 valence electrons. The Morgan fingerprint density at radius 2 is 2.08 bits per heavy atom. The van der Waals surface area contributed by atoms with Gasteiger partial charge in [0.1, 0.15) is 0 Å². The maximum atomic E-state index is 9.61. The summed E-state index contributed by atoms with van der Waals surface area (Å²) in [5, 5.41) is 9.61. The van der Waals surface area contributed by atoms with Crippen LogP contribution in [0.25, 0.3) is 11.1 Å². The highest BCUT2D eigenvalue weighted by atomic mass is 16.5. The van der Waals surface area contributed by atoms with Crippen molar-refractivity contribution in [3.8, 4) is 28.4 Å². The molecular formula is C19H24BNO5. The van der Waals surface area contributed by atoms with Crippen LogP contribution in [0, 0.1) is 0 Å². The molecule has 0 amide bonds. The van der Waals surface area contributed by atoms with E-state index in [0.717, 1.165) is 23.1 Å². The molecule has 1 aromatic carbocycles. The lowest BCUT2D eigenvalue weighted by Crippen LogP contribution is -2.07. The zero-order valence-corrected chi connectivity index (χ0v) is 15.4. The van der Waals surface area contributed by atoms with E-state index in [1.54, 1.807) is 20.4 Å². The summed E-state index contributed by atoms with van der Waals surface area (Å²) in [6, 6.07) is 5.88. The van der Waals surface area contributed by atoms with Crippen molar-refractivity contribution in [2.24, 2.45) is 0 Å². The molecular weight excluding hydrogens is 333 g/mol. The molecule has 0 unspecified atom stereocenters. The number of benzene rings is 1. The lowest BCUT2D eigenvalue weighted by molar-refractivity contribution is 0.275. The van der Waals surface area contributed by atoms with E-state index in [1.807, 2.05) is 25.3 Å². The van der Waals surface area contributed by atoms with Crippen LogP contribution >= 0.6 is 0 Å². The summed E-state index contributed by atoms with van der Waals surface area (Å²) in [5.41, 5.74) is 2.84. The molecule has 1 atom stereocenters. The second kappa shape index (κ2) is 8.42. The van der Waals surface area contributed by atoms with Gasteiger partial charge in [0, 0.05) is 36.0 Å². The molecule has 26 heavy (non-hydrogen) atoms. The molecule has 0 spiro atoms. The van der Waals surface area contributed by atoms with Crippen LogP contribution in [0.3, 0.4) is 0 Å². The van der Waals surface area contributed by atoms with Gasteiger partial charge in [0.15, 0.2) is 11.5 Å². The van der Waals surface area contributed by atoms with Crippen LogP contribution in [-0.2, 0) is 4.65 Å². The molecule has 1 aromatic heterocycles. The van der Waals surface area contributed by atoms with E-state index in [2.05, 4.69) is 11.1 Å². The van der Waals surface area contributed by atoms with E-state index in [-0.39, 0.29) is 5.92 Å². The lowest BCUT2D eigenvalue weighted by Gasteiger charge is -2.18. The maximum Gasteiger partial charge on any atom is 0.454 e. The highest BCUT2D eigenvalue weighted by Crippen LogP contribution is 2.45. The van der Waals surface area contributed by atoms with Gasteiger partial charge in [0.05, 0.1) is 20.8 Å². The molecule has 2 aromatic rings. The summed E-state index contributed by atoms with van der Waals surface area (Å²) in [4.78, 5) is 4.38. The summed E-state index contributed by atoms with van der Waals surface area (Å²) in [6.07, 6.45) is 5.08. The van der Waals surface area contributed by atoms with Gasteiger partial charge in [-0.3, -0.25) is 4.98 Å². The molecule has 0 bridgehead atoms. The second-order valence-corrected chi connectivity index (χ2v) is 6.25. The van der Waals surface area contributed by atoms with E-state index < -0.39 is 7.12 Å². The standard InChI is InChI=1S/C19H24BNO5/c1-4-7-25-19-17(23-2)6-5-16(18(19)24-3)14-8-13(10-21-11-14)15-9-20(22)26-12-15/h5-6,8,10-11,15,22H,4,7,9,12H2,1-3H3/t15-/m0/s1. The van der Waals surface area contributed by atoms with Crippen molar-refractivity contribution in [2.45, 2.75) is 25.6 Å². The fraction of sp³-hybridized carbons (Fsp3) is 0.421. The zero-order valence-electron chi connectivity index (χ0n) is 15.4. The summed E-state index contributed by atoms with van der Waals surface area (Å²) in [5.74, 6) is 1.99. The predicted octanol–water partition coefficient (Wildman–Crippen LogP) is 3.15. The minimum Gasteiger partial charge on any atom is -0.493 e. The number of rotatable bonds is 7. The lowest BCUT2D eigenvalue weighted by atomic mass is 9.79. The molecule has 1 fully saturated rings. The normalized spacial score (nSPS) is 16.6. The summed E-state index contributed by atoms with van der Waals surface area (Å²) in [6.45, 7) is 3.12. The van der Waals surface area contributed by atoms with Crippen molar-refractivity contribution in [3.63, 3.8) is 0 Å². The molecule has 1 aliphatic rings. The molecule has 3 rings (SSSR count). The minimum absolute atomic E-state index is 0.137. The quantitative estimate of drug-likeness (QED) is 0.768. The first kappa shape index (κ1) is 18.5. The Kier molecular flexibility index (Phi) is 6.01. The number of aromatic nitrogens is 1. The Hall–Kier alpha value is -2.25. The van der Waals surface area contributed by atoms with Crippen LogP contribution in [0.1, 0.15) is 24.8 Å². The van der Waals surface area contributed by atoms with E-state index in [9.17, 15) is 5.02 Å². The molecule has 6 nitrogen and oxygen atoms in total. The van der Waals surface area contributed by atoms with Crippen LogP contribution in [0.5, 0.6) is 17.2 Å². The van der Waals surface area contributed by atoms with E-state index >= 15 is 0 Å². The first-order valence-electron chi connectivity index (χ1n) is 8.80. The van der Waals surface area contributed by atoms with Gasteiger partial charge in [0.25, 0.3) is 0 Å². The van der Waals surface area contributed by atoms with Crippen molar-refractivity contribution in [1.29, 1.82) is 0 Å². The Balaban J connectivity index is 2.00. The monoisotopic (exact) mass is 357 g/mol. The molecule has 0 aliphatic carbocycles. The van der Waals surface area contributed by atoms with Crippen molar-refractivity contribution in [1.82, 2.24) is 4.98 Å². The van der Waals surface area contributed by atoms with Crippen LogP contribution in [0.2, 0.25) is 6.32 Å². The van der Waals surface area contributed by atoms with Crippen LogP contribution in [-0.4, -0.2) is 44.6 Å². The first-order chi connectivity index (χ1) is 12.7. The third-order valence-electron chi connectivity index (χ3n) is 4.47. The van der Waals surface area contributed by atoms with Crippen LogP contribution in [0.15, 0.2) is 30.6 Å². The highest BCUT2D eigenvalue weighted by Gasteiger charge is 2.30. The number of methoxy groups -OCH3 is 2. The van der Waals surface area contributed by atoms with Gasteiger partial charge < -0.3 is 23.9 Å². The highest BCUT2D eigenvalue weighted by molar-refractivity contribution is 6.43. The minimum atomic E-state index is -0.701. The molecule has 0 saturated carbocycles. The summed E-state index contributed by atoms with van der Waals surface area (Å²) in [7, 11) is 2.53. The van der Waals surface area contributed by atoms with Crippen molar-refractivity contribution >= 4 is 7.12 Å². The smallest absolute Gasteiger partial charge is 0.454 e. The van der Waals surface area contributed by atoms with Gasteiger partial charge in [-0.05, 0) is 36.5 Å². The molecule has 1 saturated heterocycles. The molecule has 0 radical (unpaired) electrons. The third kappa shape index (κ3) is 3.79. The molecule has 2 heterocycles. The van der Waals surface area contributed by atoms with Crippen molar-refractivity contribution in [2.75, 3.05) is 27.4 Å². The number of pyridine rings is 1. The van der Waals surface area contributed by atoms with E-state index in [0.29, 0.717) is 36.8 Å². The maximum absolute atomic E-state index is 9.61. The van der Waals surface area contributed by atoms with E-state index in [4.69, 9.17) is 18.9 Å². The van der Waals surface area contributed by atoms with Crippen LogP contribution < -0.4 is 14.2 Å². The van der Waals surface area contributed by atoms with Gasteiger partial charge in [-0.15, -0.1) is 0 Å². The summed E-state index contributed by atoms with van der Waals surface area (Å²) >= 11 is 0. The third-order valence-corrected chi connectivity index (χ3v) is 4.47. The number of ether oxygens (including phenoxy) is 3. The average molecular weight is 357 g/mol. The van der Waals surface area contributed by atoms with Crippen molar-refractivity contribution < 1.29 is 23.9 Å². The largest absolute Gasteiger partial charge is 0.493 e.